The van der Waals surface area contributed by atoms with Crippen LogP contribution in [0, 0.1) is 20.8 Å². The van der Waals surface area contributed by atoms with Crippen LogP contribution in [0.1, 0.15) is 41.4 Å². The molecule has 172 valence electrons. The number of ether oxygens (including phenoxy) is 1. The summed E-state index contributed by atoms with van der Waals surface area (Å²) in [6.45, 7) is 5.75. The van der Waals surface area contributed by atoms with Gasteiger partial charge in [-0.15, -0.1) is 5.10 Å². The molecule has 32 heavy (non-hydrogen) atoms. The molecule has 10 nitrogen and oxygen atoms in total. The number of aromatic nitrogens is 5. The Morgan fingerprint density at radius 3 is 2.69 bits per heavy atom. The molecule has 1 saturated heterocycles. The molecule has 3 aromatic rings. The number of methoxy groups -OCH3 is 1. The number of sulfone groups is 1. The lowest BCUT2D eigenvalue weighted by Gasteiger charge is -2.14. The molecular weight excluding hydrogens is 432 g/mol. The highest BCUT2D eigenvalue weighted by Gasteiger charge is 2.31. The van der Waals surface area contributed by atoms with E-state index in [9.17, 15) is 13.2 Å². The SMILES string of the molecule is COc1nn(C)c2nc(C)c(CCC(=O)Nc3cc(C)nn3C3CCS(=O)(=O)C3)c(C)c12. The van der Waals surface area contributed by atoms with E-state index in [-0.39, 0.29) is 29.9 Å². The molecule has 1 aliphatic rings. The van der Waals surface area contributed by atoms with Crippen molar-refractivity contribution in [1.82, 2.24) is 24.5 Å². The zero-order chi connectivity index (χ0) is 23.2. The fourth-order valence-corrected chi connectivity index (χ4v) is 6.10. The highest BCUT2D eigenvalue weighted by Crippen LogP contribution is 2.31. The van der Waals surface area contributed by atoms with Crippen LogP contribution in [0.4, 0.5) is 5.82 Å². The molecule has 4 rings (SSSR count). The van der Waals surface area contributed by atoms with Gasteiger partial charge in [-0.05, 0) is 44.7 Å². The summed E-state index contributed by atoms with van der Waals surface area (Å²) in [6, 6.07) is 1.52. The van der Waals surface area contributed by atoms with E-state index < -0.39 is 9.84 Å². The van der Waals surface area contributed by atoms with Gasteiger partial charge in [0.25, 0.3) is 0 Å². The Hall–Kier alpha value is -2.95. The third-order valence-electron chi connectivity index (χ3n) is 6.00. The lowest BCUT2D eigenvalue weighted by Crippen LogP contribution is -2.20. The van der Waals surface area contributed by atoms with Gasteiger partial charge < -0.3 is 10.1 Å². The number of amides is 1. The quantitative estimate of drug-likeness (QED) is 0.597. The van der Waals surface area contributed by atoms with Gasteiger partial charge in [0, 0.05) is 25.2 Å². The molecule has 0 aromatic carbocycles. The predicted octanol–water partition coefficient (Wildman–Crippen LogP) is 2.03. The number of anilines is 1. The lowest BCUT2D eigenvalue weighted by molar-refractivity contribution is -0.116. The molecular formula is C21H28N6O4S. The molecule has 0 saturated carbocycles. The van der Waals surface area contributed by atoms with Crippen LogP contribution in [0.2, 0.25) is 0 Å². The van der Waals surface area contributed by atoms with Crippen molar-refractivity contribution in [2.45, 2.75) is 46.1 Å². The number of fused-ring (bicyclic) bond motifs is 1. The molecule has 4 heterocycles. The van der Waals surface area contributed by atoms with Crippen LogP contribution < -0.4 is 10.1 Å². The Bertz CT molecular complexity index is 1310. The highest BCUT2D eigenvalue weighted by molar-refractivity contribution is 7.91. The van der Waals surface area contributed by atoms with E-state index in [4.69, 9.17) is 4.74 Å². The van der Waals surface area contributed by atoms with Crippen molar-refractivity contribution in [3.63, 3.8) is 0 Å². The second-order valence-corrected chi connectivity index (χ2v) is 10.6. The Kier molecular flexibility index (Phi) is 5.70. The summed E-state index contributed by atoms with van der Waals surface area (Å²) in [6.07, 6.45) is 1.27. The number of nitrogens with zero attached hydrogens (tertiary/aromatic N) is 5. The maximum absolute atomic E-state index is 12.8. The zero-order valence-corrected chi connectivity index (χ0v) is 19.8. The monoisotopic (exact) mass is 460 g/mol. The van der Waals surface area contributed by atoms with Crippen LogP contribution in [0.5, 0.6) is 5.88 Å². The van der Waals surface area contributed by atoms with Crippen LogP contribution in [0.3, 0.4) is 0 Å². The smallest absolute Gasteiger partial charge is 0.242 e. The Morgan fingerprint density at radius 2 is 2.03 bits per heavy atom. The van der Waals surface area contributed by atoms with Gasteiger partial charge in [-0.2, -0.15) is 5.10 Å². The summed E-state index contributed by atoms with van der Waals surface area (Å²) in [7, 11) is 0.347. The van der Waals surface area contributed by atoms with Gasteiger partial charge in [0.2, 0.25) is 11.8 Å². The van der Waals surface area contributed by atoms with Crippen molar-refractivity contribution >= 4 is 32.6 Å². The van der Waals surface area contributed by atoms with Gasteiger partial charge in [-0.3, -0.25) is 4.79 Å². The summed E-state index contributed by atoms with van der Waals surface area (Å²) < 4.78 is 32.5. The van der Waals surface area contributed by atoms with E-state index in [1.54, 1.807) is 22.5 Å². The molecule has 3 aromatic heterocycles. The number of nitrogens with one attached hydrogen (secondary N) is 1. The number of rotatable bonds is 6. The summed E-state index contributed by atoms with van der Waals surface area (Å²) in [4.78, 5) is 17.4. The fourth-order valence-electron chi connectivity index (χ4n) is 4.41. The maximum atomic E-state index is 12.8. The first-order chi connectivity index (χ1) is 15.1. The Labute approximate surface area is 186 Å². The van der Waals surface area contributed by atoms with Crippen LogP contribution in [0.15, 0.2) is 6.07 Å². The average molecular weight is 461 g/mol. The zero-order valence-electron chi connectivity index (χ0n) is 19.0. The summed E-state index contributed by atoms with van der Waals surface area (Å²) in [5, 5.41) is 12.5. The lowest BCUT2D eigenvalue weighted by atomic mass is 10.00. The van der Waals surface area contributed by atoms with E-state index >= 15 is 0 Å². The molecule has 1 atom stereocenters. The predicted molar refractivity (Wildman–Crippen MR) is 121 cm³/mol. The maximum Gasteiger partial charge on any atom is 0.242 e. The van der Waals surface area contributed by atoms with Crippen LogP contribution in [-0.2, 0) is 28.1 Å². The Morgan fingerprint density at radius 1 is 1.28 bits per heavy atom. The molecule has 1 aliphatic heterocycles. The molecule has 1 fully saturated rings. The van der Waals surface area contributed by atoms with E-state index in [2.05, 4.69) is 20.5 Å². The second kappa shape index (κ2) is 8.19. The van der Waals surface area contributed by atoms with Gasteiger partial charge >= 0.3 is 0 Å². The molecule has 11 heteroatoms. The van der Waals surface area contributed by atoms with Gasteiger partial charge in [-0.1, -0.05) is 0 Å². The van der Waals surface area contributed by atoms with E-state index in [0.29, 0.717) is 24.5 Å². The molecule has 1 N–H and O–H groups in total. The van der Waals surface area contributed by atoms with Crippen molar-refractivity contribution in [1.29, 1.82) is 0 Å². The van der Waals surface area contributed by atoms with Gasteiger partial charge in [0.05, 0.1) is 35.7 Å². The van der Waals surface area contributed by atoms with Crippen molar-refractivity contribution in [3.05, 3.63) is 28.6 Å². The molecule has 1 unspecified atom stereocenters. The number of carbonyl (C=O) groups is 1. The Balaban J connectivity index is 1.52. The van der Waals surface area contributed by atoms with Crippen molar-refractivity contribution in [2.24, 2.45) is 7.05 Å². The molecule has 0 aliphatic carbocycles. The van der Waals surface area contributed by atoms with Crippen LogP contribution in [-0.4, -0.2) is 57.5 Å². The molecule has 0 radical (unpaired) electrons. The third kappa shape index (κ3) is 4.08. The largest absolute Gasteiger partial charge is 0.479 e. The van der Waals surface area contributed by atoms with Crippen molar-refractivity contribution in [3.8, 4) is 5.88 Å². The minimum absolute atomic E-state index is 0.0496. The molecule has 0 spiro atoms. The number of carbonyl (C=O) groups excluding carboxylic acids is 1. The molecule has 0 bridgehead atoms. The van der Waals surface area contributed by atoms with E-state index in [1.165, 1.54) is 0 Å². The third-order valence-corrected chi connectivity index (χ3v) is 7.75. The number of pyridine rings is 1. The van der Waals surface area contributed by atoms with Gasteiger partial charge in [-0.25, -0.2) is 22.8 Å². The van der Waals surface area contributed by atoms with E-state index in [0.717, 1.165) is 33.5 Å². The van der Waals surface area contributed by atoms with Crippen molar-refractivity contribution < 1.29 is 17.9 Å². The first-order valence-corrected chi connectivity index (χ1v) is 12.3. The normalized spacial score (nSPS) is 17.7. The number of hydrogen-bond acceptors (Lipinski definition) is 7. The fraction of sp³-hybridized carbons (Fsp3) is 0.524. The standard InChI is InChI=1S/C21H28N6O4S/c1-12-10-17(27(24-12)15-8-9-32(29,30)11-15)23-18(28)7-6-16-13(2)19-20(22-14(16)3)26(4)25-21(19)31-5/h10,15H,6-9,11H2,1-5H3,(H,23,28). The average Bonchev–Trinajstić information content (AvgIpc) is 3.36. The molecule has 1 amide bonds. The second-order valence-electron chi connectivity index (χ2n) is 8.35. The first kappa shape index (κ1) is 22.3. The highest BCUT2D eigenvalue weighted by atomic mass is 32.2. The minimum Gasteiger partial charge on any atom is -0.479 e. The summed E-state index contributed by atoms with van der Waals surface area (Å²) in [5.74, 6) is 1.09. The minimum atomic E-state index is -3.05. The van der Waals surface area contributed by atoms with Gasteiger partial charge in [0.15, 0.2) is 15.5 Å². The van der Waals surface area contributed by atoms with Crippen LogP contribution >= 0.6 is 0 Å². The van der Waals surface area contributed by atoms with Crippen molar-refractivity contribution in [2.75, 3.05) is 23.9 Å². The summed E-state index contributed by atoms with van der Waals surface area (Å²) >= 11 is 0. The first-order valence-electron chi connectivity index (χ1n) is 10.5. The topological polar surface area (TPSA) is 121 Å². The summed E-state index contributed by atoms with van der Waals surface area (Å²) in [5.41, 5.74) is 4.32. The number of aryl methyl sites for hydroxylation is 4. The van der Waals surface area contributed by atoms with Crippen LogP contribution in [0.25, 0.3) is 11.0 Å². The van der Waals surface area contributed by atoms with E-state index in [1.807, 2.05) is 27.8 Å². The van der Waals surface area contributed by atoms with Gasteiger partial charge in [0.1, 0.15) is 5.82 Å². The number of hydrogen-bond donors (Lipinski definition) is 1.